The monoisotopic (exact) mass is 337 g/mol. The Kier molecular flexibility index (Phi) is 7.77. The fourth-order valence-electron chi connectivity index (χ4n) is 2.63. The van der Waals surface area contributed by atoms with Gasteiger partial charge in [0.25, 0.3) is 0 Å². The highest BCUT2D eigenvalue weighted by Gasteiger charge is 2.14. The second-order valence-electron chi connectivity index (χ2n) is 5.97. The van der Waals surface area contributed by atoms with E-state index in [1.165, 1.54) is 0 Å². The Labute approximate surface area is 150 Å². The molecule has 0 saturated heterocycles. The third-order valence-corrected chi connectivity index (χ3v) is 4.08. The molecule has 0 heterocycles. The number of hydrogen-bond donors (Lipinski definition) is 0. The van der Waals surface area contributed by atoms with Gasteiger partial charge in [-0.15, -0.1) is 0 Å². The van der Waals surface area contributed by atoms with Crippen molar-refractivity contribution in [2.75, 3.05) is 18.6 Å². The Morgan fingerprint density at radius 1 is 1.04 bits per heavy atom. The van der Waals surface area contributed by atoms with Crippen molar-refractivity contribution in [2.24, 2.45) is 0 Å². The zero-order valence-electron chi connectivity index (χ0n) is 15.2. The van der Waals surface area contributed by atoms with Crippen LogP contribution in [-0.4, -0.2) is 19.6 Å². The normalized spacial score (nSPS) is 10.8. The van der Waals surface area contributed by atoms with Gasteiger partial charge in [0.05, 0.1) is 7.11 Å². The summed E-state index contributed by atoms with van der Waals surface area (Å²) in [6.07, 6.45) is 7.81. The van der Waals surface area contributed by atoms with Crippen molar-refractivity contribution in [3.63, 3.8) is 0 Å². The van der Waals surface area contributed by atoms with Gasteiger partial charge in [0.15, 0.2) is 0 Å². The van der Waals surface area contributed by atoms with Gasteiger partial charge in [0.2, 0.25) is 5.91 Å². The number of anilines is 1. The van der Waals surface area contributed by atoms with Gasteiger partial charge in [-0.3, -0.25) is 4.79 Å². The molecule has 2 rings (SSSR count). The molecule has 0 radical (unpaired) electrons. The van der Waals surface area contributed by atoms with E-state index < -0.39 is 0 Å². The van der Waals surface area contributed by atoms with Crippen molar-refractivity contribution in [1.82, 2.24) is 0 Å². The van der Waals surface area contributed by atoms with Crippen LogP contribution in [0.5, 0.6) is 5.75 Å². The first-order chi connectivity index (χ1) is 12.2. The second-order valence-corrected chi connectivity index (χ2v) is 5.97. The van der Waals surface area contributed by atoms with Crippen LogP contribution in [0.3, 0.4) is 0 Å². The van der Waals surface area contributed by atoms with Gasteiger partial charge < -0.3 is 9.64 Å². The molecule has 0 spiro atoms. The average Bonchev–Trinajstić information content (AvgIpc) is 2.66. The maximum Gasteiger partial charge on any atom is 0.227 e. The lowest BCUT2D eigenvalue weighted by Crippen LogP contribution is -2.30. The lowest BCUT2D eigenvalue weighted by molar-refractivity contribution is -0.118. The molecule has 0 aliphatic carbocycles. The van der Waals surface area contributed by atoms with Crippen molar-refractivity contribution in [3.05, 3.63) is 66.2 Å². The highest BCUT2D eigenvalue weighted by atomic mass is 16.5. The zero-order valence-corrected chi connectivity index (χ0v) is 15.2. The Hall–Kier alpha value is -2.55. The minimum absolute atomic E-state index is 0.163. The molecule has 2 aromatic carbocycles. The fourth-order valence-corrected chi connectivity index (χ4v) is 2.63. The number of hydrogen-bond acceptors (Lipinski definition) is 2. The maximum atomic E-state index is 12.7. The van der Waals surface area contributed by atoms with Gasteiger partial charge in [-0.2, -0.15) is 0 Å². The second kappa shape index (κ2) is 10.3. The molecule has 0 aromatic heterocycles. The van der Waals surface area contributed by atoms with Gasteiger partial charge in [-0.1, -0.05) is 62.2 Å². The number of benzene rings is 2. The van der Waals surface area contributed by atoms with Crippen LogP contribution in [0.25, 0.3) is 6.08 Å². The number of carbonyl (C=O) groups excluding carboxylic acids is 1. The number of rotatable bonds is 9. The SMILES string of the molecule is CCCCCC(=O)N(C/C=C/c1ccccc1)c1ccc(OC)cc1. The number of amides is 1. The summed E-state index contributed by atoms with van der Waals surface area (Å²) in [5.74, 6) is 0.957. The molecule has 25 heavy (non-hydrogen) atoms. The van der Waals surface area contributed by atoms with Crippen LogP contribution >= 0.6 is 0 Å². The van der Waals surface area contributed by atoms with E-state index in [2.05, 4.69) is 25.1 Å². The molecule has 0 aliphatic rings. The molecule has 0 saturated carbocycles. The Morgan fingerprint density at radius 3 is 2.40 bits per heavy atom. The summed E-state index contributed by atoms with van der Waals surface area (Å²) in [6.45, 7) is 2.71. The van der Waals surface area contributed by atoms with Gasteiger partial charge in [-0.25, -0.2) is 0 Å². The van der Waals surface area contributed by atoms with Crippen LogP contribution in [0.4, 0.5) is 5.69 Å². The molecule has 1 amide bonds. The van der Waals surface area contributed by atoms with Crippen molar-refractivity contribution in [3.8, 4) is 5.75 Å². The van der Waals surface area contributed by atoms with Crippen molar-refractivity contribution < 1.29 is 9.53 Å². The minimum atomic E-state index is 0.163. The topological polar surface area (TPSA) is 29.5 Å². The third kappa shape index (κ3) is 6.11. The van der Waals surface area contributed by atoms with E-state index >= 15 is 0 Å². The summed E-state index contributed by atoms with van der Waals surface area (Å²) in [6, 6.07) is 17.8. The van der Waals surface area contributed by atoms with Crippen LogP contribution in [0, 0.1) is 0 Å². The number of methoxy groups -OCH3 is 1. The number of carbonyl (C=O) groups is 1. The van der Waals surface area contributed by atoms with Gasteiger partial charge in [-0.05, 0) is 36.2 Å². The van der Waals surface area contributed by atoms with E-state index in [-0.39, 0.29) is 5.91 Å². The van der Waals surface area contributed by atoms with Gasteiger partial charge in [0, 0.05) is 18.7 Å². The number of nitrogens with zero attached hydrogens (tertiary/aromatic N) is 1. The predicted molar refractivity (Wildman–Crippen MR) is 105 cm³/mol. The first kappa shape index (κ1) is 18.8. The minimum Gasteiger partial charge on any atom is -0.497 e. The maximum absolute atomic E-state index is 12.7. The van der Waals surface area contributed by atoms with E-state index in [1.807, 2.05) is 53.4 Å². The Morgan fingerprint density at radius 2 is 1.76 bits per heavy atom. The molecule has 0 aliphatic heterocycles. The molecule has 2 aromatic rings. The molecular formula is C22H27NO2. The zero-order chi connectivity index (χ0) is 17.9. The summed E-state index contributed by atoms with van der Waals surface area (Å²) >= 11 is 0. The van der Waals surface area contributed by atoms with Crippen LogP contribution in [0.15, 0.2) is 60.7 Å². The smallest absolute Gasteiger partial charge is 0.227 e. The molecule has 3 nitrogen and oxygen atoms in total. The molecule has 0 atom stereocenters. The molecule has 0 unspecified atom stereocenters. The first-order valence-corrected chi connectivity index (χ1v) is 8.90. The van der Waals surface area contributed by atoms with Crippen molar-refractivity contribution >= 4 is 17.7 Å². The van der Waals surface area contributed by atoms with E-state index in [4.69, 9.17) is 4.74 Å². The molecule has 0 fully saturated rings. The first-order valence-electron chi connectivity index (χ1n) is 8.90. The molecule has 3 heteroatoms. The quantitative estimate of drug-likeness (QED) is 0.579. The van der Waals surface area contributed by atoms with Crippen LogP contribution < -0.4 is 9.64 Å². The van der Waals surface area contributed by atoms with E-state index in [0.717, 1.165) is 36.3 Å². The Balaban J connectivity index is 2.10. The fraction of sp³-hybridized carbons (Fsp3) is 0.318. The van der Waals surface area contributed by atoms with Crippen LogP contribution in [0.2, 0.25) is 0 Å². The molecule has 132 valence electrons. The summed E-state index contributed by atoms with van der Waals surface area (Å²) in [5, 5.41) is 0. The average molecular weight is 337 g/mol. The van der Waals surface area contributed by atoms with Crippen molar-refractivity contribution in [1.29, 1.82) is 0 Å². The third-order valence-electron chi connectivity index (χ3n) is 4.08. The number of unbranched alkanes of at least 4 members (excludes halogenated alkanes) is 2. The molecule has 0 bridgehead atoms. The van der Waals surface area contributed by atoms with Gasteiger partial charge >= 0.3 is 0 Å². The largest absolute Gasteiger partial charge is 0.497 e. The highest BCUT2D eigenvalue weighted by molar-refractivity contribution is 5.93. The summed E-state index contributed by atoms with van der Waals surface area (Å²) in [5.41, 5.74) is 2.04. The van der Waals surface area contributed by atoms with E-state index in [1.54, 1.807) is 7.11 Å². The van der Waals surface area contributed by atoms with E-state index in [9.17, 15) is 4.79 Å². The standard InChI is InChI=1S/C22H27NO2/c1-3-4-6-13-22(24)23(20-14-16-21(25-2)17-15-20)18-9-12-19-10-7-5-8-11-19/h5,7-12,14-17H,3-4,6,13,18H2,1-2H3/b12-9+. The molecule has 0 N–H and O–H groups in total. The lowest BCUT2D eigenvalue weighted by atomic mass is 10.1. The van der Waals surface area contributed by atoms with Crippen LogP contribution in [0.1, 0.15) is 38.2 Å². The van der Waals surface area contributed by atoms with E-state index in [0.29, 0.717) is 13.0 Å². The van der Waals surface area contributed by atoms with Gasteiger partial charge in [0.1, 0.15) is 5.75 Å². The predicted octanol–water partition coefficient (Wildman–Crippen LogP) is 5.32. The summed E-state index contributed by atoms with van der Waals surface area (Å²) in [4.78, 5) is 14.5. The summed E-state index contributed by atoms with van der Waals surface area (Å²) in [7, 11) is 1.64. The lowest BCUT2D eigenvalue weighted by Gasteiger charge is -2.22. The highest BCUT2D eigenvalue weighted by Crippen LogP contribution is 2.21. The van der Waals surface area contributed by atoms with Crippen molar-refractivity contribution in [2.45, 2.75) is 32.6 Å². The molecular weight excluding hydrogens is 310 g/mol. The summed E-state index contributed by atoms with van der Waals surface area (Å²) < 4.78 is 5.21. The number of ether oxygens (including phenoxy) is 1. The Bertz CT molecular complexity index is 662. The van der Waals surface area contributed by atoms with Crippen LogP contribution in [-0.2, 0) is 4.79 Å².